The molecule has 0 radical (unpaired) electrons. The maximum absolute atomic E-state index is 12.8. The number of carboxylic acids is 1. The molecule has 0 fully saturated rings. The van der Waals surface area contributed by atoms with Crippen molar-refractivity contribution in [2.45, 2.75) is 32.2 Å². The van der Waals surface area contributed by atoms with Crippen LogP contribution in [0.15, 0.2) is 18.5 Å². The third-order valence-electron chi connectivity index (χ3n) is 2.37. The summed E-state index contributed by atoms with van der Waals surface area (Å²) in [6, 6.07) is 0.937. The molecule has 0 saturated heterocycles. The Morgan fingerprint density at radius 3 is 2.83 bits per heavy atom. The Morgan fingerprint density at radius 1 is 1.50 bits per heavy atom. The monoisotopic (exact) mass is 254 g/mol. The van der Waals surface area contributed by atoms with Crippen LogP contribution in [0.25, 0.3) is 0 Å². The maximum atomic E-state index is 12.8. The van der Waals surface area contributed by atoms with Gasteiger partial charge < -0.3 is 10.4 Å². The average molecular weight is 254 g/mol. The molecule has 0 aliphatic rings. The van der Waals surface area contributed by atoms with Crippen molar-refractivity contribution < 1.29 is 19.1 Å². The molecule has 1 aromatic heterocycles. The van der Waals surface area contributed by atoms with Gasteiger partial charge in [-0.1, -0.05) is 0 Å². The summed E-state index contributed by atoms with van der Waals surface area (Å²) in [4.78, 5) is 25.6. The number of hydrogen-bond donors (Lipinski definition) is 2. The lowest BCUT2D eigenvalue weighted by atomic mass is 10.1. The molecule has 0 aliphatic carbocycles. The maximum Gasteiger partial charge on any atom is 0.303 e. The molecule has 6 heteroatoms. The molecule has 5 nitrogen and oxygen atoms in total. The van der Waals surface area contributed by atoms with E-state index < -0.39 is 17.7 Å². The number of carbonyl (C=O) groups is 2. The number of pyridine rings is 1. The predicted octanol–water partition coefficient (Wildman–Crippen LogP) is 1.59. The van der Waals surface area contributed by atoms with E-state index in [9.17, 15) is 14.0 Å². The van der Waals surface area contributed by atoms with Gasteiger partial charge in [-0.3, -0.25) is 14.6 Å². The second-order valence-corrected chi connectivity index (χ2v) is 4.05. The Morgan fingerprint density at radius 2 is 2.22 bits per heavy atom. The first-order chi connectivity index (χ1) is 8.49. The molecule has 1 atom stereocenters. The molecule has 18 heavy (non-hydrogen) atoms. The Balaban J connectivity index is 2.42. The van der Waals surface area contributed by atoms with Crippen molar-refractivity contribution in [3.05, 3.63) is 29.8 Å². The number of amides is 1. The van der Waals surface area contributed by atoms with Crippen LogP contribution in [0.4, 0.5) is 4.39 Å². The molecule has 1 aromatic rings. The van der Waals surface area contributed by atoms with E-state index in [2.05, 4.69) is 10.3 Å². The number of halogens is 1. The van der Waals surface area contributed by atoms with Gasteiger partial charge in [0.1, 0.15) is 5.82 Å². The van der Waals surface area contributed by atoms with E-state index in [-0.39, 0.29) is 18.0 Å². The fraction of sp³-hybridized carbons (Fsp3) is 0.417. The minimum atomic E-state index is -0.858. The van der Waals surface area contributed by atoms with Crippen LogP contribution in [-0.4, -0.2) is 28.0 Å². The van der Waals surface area contributed by atoms with Gasteiger partial charge in [-0.05, 0) is 25.8 Å². The quantitative estimate of drug-likeness (QED) is 0.808. The van der Waals surface area contributed by atoms with Crippen LogP contribution < -0.4 is 5.32 Å². The molecule has 1 unspecified atom stereocenters. The van der Waals surface area contributed by atoms with Crippen LogP contribution in [0.1, 0.15) is 36.5 Å². The highest BCUT2D eigenvalue weighted by atomic mass is 19.1. The number of aliphatic carboxylic acids is 1. The Bertz CT molecular complexity index is 437. The van der Waals surface area contributed by atoms with Crippen molar-refractivity contribution in [3.8, 4) is 0 Å². The molecule has 98 valence electrons. The van der Waals surface area contributed by atoms with Crippen LogP contribution in [0.3, 0.4) is 0 Å². The van der Waals surface area contributed by atoms with Gasteiger partial charge in [0, 0.05) is 18.7 Å². The van der Waals surface area contributed by atoms with Gasteiger partial charge in [-0.2, -0.15) is 0 Å². The minimum Gasteiger partial charge on any atom is -0.481 e. The predicted molar refractivity (Wildman–Crippen MR) is 62.6 cm³/mol. The van der Waals surface area contributed by atoms with Gasteiger partial charge in [0.05, 0.1) is 11.8 Å². The number of rotatable bonds is 6. The molecule has 1 heterocycles. The number of carbonyl (C=O) groups excluding carboxylic acids is 1. The molecule has 0 saturated carbocycles. The third-order valence-corrected chi connectivity index (χ3v) is 2.37. The summed E-state index contributed by atoms with van der Waals surface area (Å²) in [5.74, 6) is -1.84. The summed E-state index contributed by atoms with van der Waals surface area (Å²) >= 11 is 0. The number of nitrogens with one attached hydrogen (secondary N) is 1. The standard InChI is InChI=1S/C12H15FN2O3/c1-8(3-2-4-11(16)17)15-12(18)9-5-10(13)7-14-6-9/h5-8H,2-4H2,1H3,(H,15,18)(H,16,17). The molecule has 1 rings (SSSR count). The van der Waals surface area contributed by atoms with E-state index in [4.69, 9.17) is 5.11 Å². The van der Waals surface area contributed by atoms with Crippen molar-refractivity contribution >= 4 is 11.9 Å². The minimum absolute atomic E-state index is 0.0712. The lowest BCUT2D eigenvalue weighted by molar-refractivity contribution is -0.137. The van der Waals surface area contributed by atoms with Gasteiger partial charge in [0.25, 0.3) is 5.91 Å². The fourth-order valence-electron chi connectivity index (χ4n) is 1.47. The summed E-state index contributed by atoms with van der Waals surface area (Å²) < 4.78 is 12.8. The fourth-order valence-corrected chi connectivity index (χ4v) is 1.47. The van der Waals surface area contributed by atoms with E-state index in [1.54, 1.807) is 6.92 Å². The highest BCUT2D eigenvalue weighted by molar-refractivity contribution is 5.94. The first kappa shape index (κ1) is 14.1. The number of hydrogen-bond acceptors (Lipinski definition) is 3. The van der Waals surface area contributed by atoms with Crippen molar-refractivity contribution in [3.63, 3.8) is 0 Å². The first-order valence-electron chi connectivity index (χ1n) is 5.62. The lowest BCUT2D eigenvalue weighted by Gasteiger charge is -2.13. The van der Waals surface area contributed by atoms with Gasteiger partial charge >= 0.3 is 5.97 Å². The Labute approximate surface area is 104 Å². The second-order valence-electron chi connectivity index (χ2n) is 4.05. The Kier molecular flexibility index (Phi) is 5.23. The van der Waals surface area contributed by atoms with Crippen molar-refractivity contribution in [1.29, 1.82) is 0 Å². The number of nitrogens with zero attached hydrogens (tertiary/aromatic N) is 1. The van der Waals surface area contributed by atoms with Crippen LogP contribution >= 0.6 is 0 Å². The first-order valence-corrected chi connectivity index (χ1v) is 5.62. The van der Waals surface area contributed by atoms with Crippen LogP contribution in [-0.2, 0) is 4.79 Å². The lowest BCUT2D eigenvalue weighted by Crippen LogP contribution is -2.32. The Hall–Kier alpha value is -1.98. The van der Waals surface area contributed by atoms with Crippen molar-refractivity contribution in [1.82, 2.24) is 10.3 Å². The highest BCUT2D eigenvalue weighted by Gasteiger charge is 2.11. The van der Waals surface area contributed by atoms with E-state index >= 15 is 0 Å². The highest BCUT2D eigenvalue weighted by Crippen LogP contribution is 2.04. The molecule has 1 amide bonds. The van der Waals surface area contributed by atoms with E-state index in [1.807, 2.05) is 0 Å². The van der Waals surface area contributed by atoms with E-state index in [0.717, 1.165) is 12.3 Å². The largest absolute Gasteiger partial charge is 0.481 e. The van der Waals surface area contributed by atoms with Gasteiger partial charge in [-0.15, -0.1) is 0 Å². The topological polar surface area (TPSA) is 79.3 Å². The second kappa shape index (κ2) is 6.68. The van der Waals surface area contributed by atoms with Crippen LogP contribution in [0.5, 0.6) is 0 Å². The third kappa shape index (κ3) is 4.90. The molecule has 2 N–H and O–H groups in total. The van der Waals surface area contributed by atoms with E-state index in [1.165, 1.54) is 6.20 Å². The molecular weight excluding hydrogens is 239 g/mol. The molecule has 0 bridgehead atoms. The van der Waals surface area contributed by atoms with Crippen molar-refractivity contribution in [2.75, 3.05) is 0 Å². The molecule has 0 aromatic carbocycles. The summed E-state index contributed by atoms with van der Waals surface area (Å²) in [7, 11) is 0. The van der Waals surface area contributed by atoms with Crippen molar-refractivity contribution in [2.24, 2.45) is 0 Å². The number of carboxylic acid groups (broad SMARTS) is 1. The zero-order chi connectivity index (χ0) is 13.5. The average Bonchev–Trinajstić information content (AvgIpc) is 2.28. The van der Waals surface area contributed by atoms with Gasteiger partial charge in [0.15, 0.2) is 0 Å². The molecule has 0 spiro atoms. The summed E-state index contributed by atoms with van der Waals surface area (Å²) in [5.41, 5.74) is 0.153. The van der Waals surface area contributed by atoms with Gasteiger partial charge in [-0.25, -0.2) is 4.39 Å². The van der Waals surface area contributed by atoms with E-state index in [0.29, 0.717) is 12.8 Å². The van der Waals surface area contributed by atoms with Crippen LogP contribution in [0.2, 0.25) is 0 Å². The normalized spacial score (nSPS) is 11.9. The van der Waals surface area contributed by atoms with Crippen LogP contribution in [0, 0.1) is 5.82 Å². The SMILES string of the molecule is CC(CCCC(=O)O)NC(=O)c1cncc(F)c1. The van der Waals surface area contributed by atoms with Gasteiger partial charge in [0.2, 0.25) is 0 Å². The smallest absolute Gasteiger partial charge is 0.303 e. The summed E-state index contributed by atoms with van der Waals surface area (Å²) in [6.07, 6.45) is 3.41. The molecular formula is C12H15FN2O3. The zero-order valence-electron chi connectivity index (χ0n) is 10.0. The number of aromatic nitrogens is 1. The zero-order valence-corrected chi connectivity index (χ0v) is 10.0. The summed E-state index contributed by atoms with van der Waals surface area (Å²) in [6.45, 7) is 1.77. The summed E-state index contributed by atoms with van der Waals surface area (Å²) in [5, 5.41) is 11.1. The molecule has 0 aliphatic heterocycles.